The Kier molecular flexibility index (Phi) is 11.2. The number of rotatable bonds is 15. The number of anilines is 1. The van der Waals surface area contributed by atoms with E-state index in [2.05, 4.69) is 35.3 Å². The van der Waals surface area contributed by atoms with Crippen molar-refractivity contribution in [1.29, 1.82) is 0 Å². The highest BCUT2D eigenvalue weighted by Crippen LogP contribution is 2.38. The van der Waals surface area contributed by atoms with Crippen LogP contribution < -0.4 is 19.1 Å². The summed E-state index contributed by atoms with van der Waals surface area (Å²) in [5.74, 6) is 0.699. The minimum absolute atomic E-state index is 0.0913. The molecule has 5 aromatic rings. The second-order valence-corrected chi connectivity index (χ2v) is 11.9. The van der Waals surface area contributed by atoms with Gasteiger partial charge in [0.2, 0.25) is 11.7 Å². The van der Waals surface area contributed by atoms with Gasteiger partial charge in [0.1, 0.15) is 6.54 Å². The topological polar surface area (TPSA) is 87.3 Å². The maximum atomic E-state index is 14.3. The molecule has 1 N–H and O–H groups in total. The molecule has 0 fully saturated rings. The summed E-state index contributed by atoms with van der Waals surface area (Å²) in [7, 11) is 8.55. The number of ether oxygens (including phenoxy) is 3. The number of aromatic nitrogens is 1. The molecule has 0 aliphatic carbocycles. The molecule has 0 bridgehead atoms. The number of carbonyl (C=O) groups excluding carboxylic acids is 2. The average Bonchev–Trinajstić information content (AvgIpc) is 3.54. The van der Waals surface area contributed by atoms with Crippen LogP contribution in [0.4, 0.5) is 5.69 Å². The zero-order chi connectivity index (χ0) is 34.0. The third-order valence-electron chi connectivity index (χ3n) is 8.54. The van der Waals surface area contributed by atoms with Gasteiger partial charge < -0.3 is 33.9 Å². The monoisotopic (exact) mass is 648 g/mol. The normalized spacial score (nSPS) is 10.9. The number of carbonyl (C=O) groups is 2. The number of methoxy groups -OCH3 is 3. The van der Waals surface area contributed by atoms with E-state index in [0.717, 1.165) is 33.3 Å². The molecule has 0 aliphatic heterocycles. The SMILES string of the molecule is COc1cc(C(=O)N(CCc2ccccc2)CC(=O)N(CCc2c[nH]c3ccccc23)Cc2ccc(N(C)C)cc2)cc(OC)c1OC. The fraction of sp³-hybridized carbons (Fsp3) is 0.282. The van der Waals surface area contributed by atoms with Crippen molar-refractivity contribution in [1.82, 2.24) is 14.8 Å². The standard InChI is InChI=1S/C39H44N4O5/c1-41(2)32-17-15-29(16-18-32)26-42(22-20-30-25-40-34-14-10-9-13-33(30)34)37(44)27-43(21-19-28-11-7-6-8-12-28)39(45)31-23-35(46-3)38(48-5)36(24-31)47-4/h6-18,23-25,40H,19-22,26-27H2,1-5H3. The summed E-state index contributed by atoms with van der Waals surface area (Å²) in [6.45, 7) is 1.16. The maximum Gasteiger partial charge on any atom is 0.254 e. The second kappa shape index (κ2) is 15.9. The average molecular weight is 649 g/mol. The third kappa shape index (κ3) is 8.09. The smallest absolute Gasteiger partial charge is 0.254 e. The van der Waals surface area contributed by atoms with E-state index in [1.54, 1.807) is 17.0 Å². The van der Waals surface area contributed by atoms with Crippen LogP contribution in [0.2, 0.25) is 0 Å². The molecule has 1 heterocycles. The van der Waals surface area contributed by atoms with Crippen LogP contribution in [0, 0.1) is 0 Å². The molecule has 250 valence electrons. The number of benzene rings is 4. The van der Waals surface area contributed by atoms with E-state index in [1.807, 2.05) is 78.6 Å². The first-order valence-corrected chi connectivity index (χ1v) is 16.0. The summed E-state index contributed by atoms with van der Waals surface area (Å²) in [6.07, 6.45) is 3.27. The van der Waals surface area contributed by atoms with Gasteiger partial charge in [0.25, 0.3) is 5.91 Å². The Morgan fingerprint density at radius 1 is 0.708 bits per heavy atom. The van der Waals surface area contributed by atoms with E-state index >= 15 is 0 Å². The van der Waals surface area contributed by atoms with Crippen molar-refractivity contribution in [2.75, 3.05) is 60.0 Å². The van der Waals surface area contributed by atoms with Gasteiger partial charge in [-0.25, -0.2) is 0 Å². The van der Waals surface area contributed by atoms with Crippen LogP contribution in [0.5, 0.6) is 17.2 Å². The van der Waals surface area contributed by atoms with Crippen molar-refractivity contribution in [3.8, 4) is 17.2 Å². The van der Waals surface area contributed by atoms with Crippen molar-refractivity contribution in [3.63, 3.8) is 0 Å². The van der Waals surface area contributed by atoms with Crippen LogP contribution >= 0.6 is 0 Å². The fourth-order valence-corrected chi connectivity index (χ4v) is 5.82. The number of H-pyrrole nitrogens is 1. The molecule has 5 rings (SSSR count). The Bertz CT molecular complexity index is 1790. The Morgan fingerprint density at radius 2 is 1.35 bits per heavy atom. The number of hydrogen-bond donors (Lipinski definition) is 1. The number of nitrogens with zero attached hydrogens (tertiary/aromatic N) is 3. The zero-order valence-electron chi connectivity index (χ0n) is 28.4. The molecular formula is C39H44N4O5. The Morgan fingerprint density at radius 3 is 2.00 bits per heavy atom. The lowest BCUT2D eigenvalue weighted by Crippen LogP contribution is -2.44. The van der Waals surface area contributed by atoms with Crippen molar-refractivity contribution in [2.24, 2.45) is 0 Å². The molecule has 0 saturated carbocycles. The Labute approximate surface area is 282 Å². The van der Waals surface area contributed by atoms with E-state index < -0.39 is 0 Å². The number of fused-ring (bicyclic) bond motifs is 1. The van der Waals surface area contributed by atoms with Gasteiger partial charge in [0, 0.05) is 62.1 Å². The maximum absolute atomic E-state index is 14.3. The first-order valence-electron chi connectivity index (χ1n) is 16.0. The van der Waals surface area contributed by atoms with Crippen molar-refractivity contribution in [3.05, 3.63) is 119 Å². The molecule has 9 heteroatoms. The molecule has 1 aromatic heterocycles. The van der Waals surface area contributed by atoms with E-state index in [0.29, 0.717) is 55.3 Å². The molecule has 0 unspecified atom stereocenters. The molecule has 0 saturated heterocycles. The molecule has 2 amide bonds. The minimum atomic E-state index is -0.301. The first kappa shape index (κ1) is 33.9. The lowest BCUT2D eigenvalue weighted by molar-refractivity contribution is -0.132. The van der Waals surface area contributed by atoms with Gasteiger partial charge in [0.15, 0.2) is 11.5 Å². The van der Waals surface area contributed by atoms with Crippen molar-refractivity contribution < 1.29 is 23.8 Å². The molecule has 4 aromatic carbocycles. The predicted molar refractivity (Wildman–Crippen MR) is 190 cm³/mol. The molecule has 0 aliphatic rings. The van der Waals surface area contributed by atoms with Gasteiger partial charge in [-0.15, -0.1) is 0 Å². The number of hydrogen-bond acceptors (Lipinski definition) is 6. The lowest BCUT2D eigenvalue weighted by Gasteiger charge is -2.28. The second-order valence-electron chi connectivity index (χ2n) is 11.9. The van der Waals surface area contributed by atoms with Crippen LogP contribution in [0.15, 0.2) is 97.2 Å². The number of aromatic amines is 1. The molecule has 48 heavy (non-hydrogen) atoms. The van der Waals surface area contributed by atoms with Crippen molar-refractivity contribution in [2.45, 2.75) is 19.4 Å². The van der Waals surface area contributed by atoms with Gasteiger partial charge in [-0.3, -0.25) is 9.59 Å². The first-order chi connectivity index (χ1) is 23.3. The quantitative estimate of drug-likeness (QED) is 0.145. The highest BCUT2D eigenvalue weighted by Gasteiger charge is 2.25. The highest BCUT2D eigenvalue weighted by atomic mass is 16.5. The largest absolute Gasteiger partial charge is 0.493 e. The summed E-state index contributed by atoms with van der Waals surface area (Å²) in [6, 6.07) is 29.6. The van der Waals surface area contributed by atoms with E-state index in [4.69, 9.17) is 14.2 Å². The number of amides is 2. The number of para-hydroxylation sites is 1. The van der Waals surface area contributed by atoms with Crippen molar-refractivity contribution >= 4 is 28.4 Å². The van der Waals surface area contributed by atoms with Gasteiger partial charge in [-0.1, -0.05) is 60.7 Å². The molecule has 0 radical (unpaired) electrons. The summed E-state index contributed by atoms with van der Waals surface area (Å²) < 4.78 is 16.5. The molecule has 9 nitrogen and oxygen atoms in total. The molecule has 0 spiro atoms. The van der Waals surface area contributed by atoms with Gasteiger partial charge in [-0.05, 0) is 59.9 Å². The lowest BCUT2D eigenvalue weighted by atomic mass is 10.1. The predicted octanol–water partition coefficient (Wildman–Crippen LogP) is 6.22. The van der Waals surface area contributed by atoms with Crippen LogP contribution in [-0.2, 0) is 24.2 Å². The fourth-order valence-electron chi connectivity index (χ4n) is 5.82. The Balaban J connectivity index is 1.44. The minimum Gasteiger partial charge on any atom is -0.493 e. The van der Waals surface area contributed by atoms with Crippen LogP contribution in [0.3, 0.4) is 0 Å². The van der Waals surface area contributed by atoms with Gasteiger partial charge >= 0.3 is 0 Å². The summed E-state index contributed by atoms with van der Waals surface area (Å²) >= 11 is 0. The van der Waals surface area contributed by atoms with Crippen LogP contribution in [0.25, 0.3) is 10.9 Å². The Hall–Kier alpha value is -5.44. The zero-order valence-corrected chi connectivity index (χ0v) is 28.4. The molecular weight excluding hydrogens is 604 g/mol. The van der Waals surface area contributed by atoms with Gasteiger partial charge in [-0.2, -0.15) is 0 Å². The van der Waals surface area contributed by atoms with E-state index in [9.17, 15) is 9.59 Å². The number of nitrogens with one attached hydrogen (secondary N) is 1. The highest BCUT2D eigenvalue weighted by molar-refractivity contribution is 5.97. The van der Waals surface area contributed by atoms with Crippen LogP contribution in [-0.4, -0.2) is 81.7 Å². The summed E-state index contributed by atoms with van der Waals surface area (Å²) in [5, 5.41) is 1.14. The molecule has 0 atom stereocenters. The summed E-state index contributed by atoms with van der Waals surface area (Å²) in [5.41, 5.74) is 5.71. The third-order valence-corrected chi connectivity index (χ3v) is 8.54. The van der Waals surface area contributed by atoms with E-state index in [1.165, 1.54) is 21.3 Å². The van der Waals surface area contributed by atoms with Gasteiger partial charge in [0.05, 0.1) is 21.3 Å². The summed E-state index contributed by atoms with van der Waals surface area (Å²) in [4.78, 5) is 37.4. The van der Waals surface area contributed by atoms with Crippen LogP contribution in [0.1, 0.15) is 27.0 Å². The van der Waals surface area contributed by atoms with E-state index in [-0.39, 0.29) is 18.4 Å².